The van der Waals surface area contributed by atoms with Crippen LogP contribution < -0.4 is 43.0 Å². The first kappa shape index (κ1) is 78.5. The van der Waals surface area contributed by atoms with E-state index in [4.69, 9.17) is 33.9 Å². The molecule has 11 amide bonds. The van der Waals surface area contributed by atoms with Crippen LogP contribution in [0.3, 0.4) is 0 Å². The fourth-order valence-electron chi connectivity index (χ4n) is 14.7. The van der Waals surface area contributed by atoms with Crippen molar-refractivity contribution in [2.24, 2.45) is 29.9 Å². The van der Waals surface area contributed by atoms with Gasteiger partial charge in [-0.25, -0.2) is 42.5 Å². The van der Waals surface area contributed by atoms with Crippen molar-refractivity contribution in [3.63, 3.8) is 0 Å². The van der Waals surface area contributed by atoms with Crippen LogP contribution in [0.15, 0.2) is 151 Å². The zero-order valence-corrected chi connectivity index (χ0v) is 62.9. The molecule has 5 aromatic heterocycles. The van der Waals surface area contributed by atoms with Crippen LogP contribution in [0, 0.1) is 49.1 Å². The molecule has 34 heteroatoms. The highest BCUT2D eigenvalue weighted by Crippen LogP contribution is 2.40. The van der Waals surface area contributed by atoms with Gasteiger partial charge in [-0.15, -0.1) is 0 Å². The summed E-state index contributed by atoms with van der Waals surface area (Å²) in [6, 6.07) is 15.6. The van der Waals surface area contributed by atoms with Gasteiger partial charge in [0.05, 0.1) is 37.0 Å². The number of β-lactam (4-membered cyclic amide) rings is 2. The third kappa shape index (κ3) is 16.7. The van der Waals surface area contributed by atoms with Crippen molar-refractivity contribution in [3.8, 4) is 0 Å². The summed E-state index contributed by atoms with van der Waals surface area (Å²) in [4.78, 5) is 135. The number of aliphatic hydroxyl groups excluding tert-OH is 1. The molecule has 3 saturated heterocycles. The first-order chi connectivity index (χ1) is 52.9. The first-order valence-corrected chi connectivity index (χ1v) is 36.4. The number of anilines is 5. The van der Waals surface area contributed by atoms with Crippen LogP contribution in [0.25, 0.3) is 0 Å². The Bertz CT molecular complexity index is 5000. The average molecular weight is 1540 g/mol. The van der Waals surface area contributed by atoms with Gasteiger partial charge >= 0.3 is 18.1 Å². The fraction of sp³-hybridized carbons (Fsp3) is 0.351. The first-order valence-electron chi connectivity index (χ1n) is 36.0. The van der Waals surface area contributed by atoms with Crippen LogP contribution >= 0.6 is 11.6 Å². The number of carbonyl (C=O) groups excluding carboxylic acids is 8. The Kier molecular flexibility index (Phi) is 23.1. The van der Waals surface area contributed by atoms with Gasteiger partial charge in [-0.3, -0.25) is 62.7 Å². The average Bonchev–Trinajstić information content (AvgIpc) is 1.12. The Morgan fingerprint density at radius 1 is 0.613 bits per heavy atom. The lowest BCUT2D eigenvalue weighted by atomic mass is 9.80. The Labute approximate surface area is 642 Å². The molecule has 580 valence electrons. The number of urea groups is 3. The molecule has 111 heavy (non-hydrogen) atoms. The van der Waals surface area contributed by atoms with E-state index in [9.17, 15) is 38.3 Å². The maximum atomic E-state index is 15.8. The van der Waals surface area contributed by atoms with Crippen molar-refractivity contribution in [1.82, 2.24) is 70.1 Å². The topological polar surface area (TPSA) is 377 Å². The van der Waals surface area contributed by atoms with Gasteiger partial charge in [0.1, 0.15) is 72.0 Å². The number of imide groups is 2. The Morgan fingerprint density at radius 2 is 1.14 bits per heavy atom. The molecule has 0 bridgehead atoms. The van der Waals surface area contributed by atoms with E-state index in [0.717, 1.165) is 38.5 Å². The molecule has 2 unspecified atom stereocenters. The van der Waals surface area contributed by atoms with E-state index >= 15 is 18.4 Å². The third-order valence-electron chi connectivity index (χ3n) is 21.0. The summed E-state index contributed by atoms with van der Waals surface area (Å²) in [6.07, 6.45) is 10.1. The molecular formula is C77H86ClF3N21O9+. The quantitative estimate of drug-likeness (QED) is 0.0214. The number of aromatic nitrogens is 7. The largest absolute Gasteiger partial charge is 0.384 e. The zero-order valence-electron chi connectivity index (χ0n) is 62.2. The number of aryl methyl sites for hydroxylation is 4. The number of likely N-dealkylation sites (tertiary alicyclic amines) is 3. The van der Waals surface area contributed by atoms with E-state index in [2.05, 4.69) is 41.1 Å². The summed E-state index contributed by atoms with van der Waals surface area (Å²) < 4.78 is 48.2. The summed E-state index contributed by atoms with van der Waals surface area (Å²) in [5, 5.41) is 35.1. The number of nitrogens with two attached hydrogens (primary N) is 3. The van der Waals surface area contributed by atoms with Crippen LogP contribution in [0.5, 0.6) is 0 Å². The lowest BCUT2D eigenvalue weighted by Crippen LogP contribution is -2.72. The minimum absolute atomic E-state index is 0.0152. The van der Waals surface area contributed by atoms with Crippen LogP contribution in [0.4, 0.5) is 56.6 Å². The monoisotopic (exact) mass is 1540 g/mol. The Morgan fingerprint density at radius 3 is 1.70 bits per heavy atom. The van der Waals surface area contributed by atoms with Gasteiger partial charge in [0.15, 0.2) is 17.5 Å². The molecule has 0 radical (unpaired) electrons. The second-order valence-electron chi connectivity index (χ2n) is 28.5. The van der Waals surface area contributed by atoms with Gasteiger partial charge < -0.3 is 38.3 Å². The van der Waals surface area contributed by atoms with Gasteiger partial charge in [-0.1, -0.05) is 41.8 Å². The number of pyridine rings is 3. The predicted octanol–water partition coefficient (Wildman–Crippen LogP) is 7.54. The zero-order chi connectivity index (χ0) is 79.6. The number of rotatable bonds is 25. The fourth-order valence-corrected chi connectivity index (χ4v) is 14.9. The van der Waals surface area contributed by atoms with Crippen LogP contribution in [-0.2, 0) is 56.8 Å². The van der Waals surface area contributed by atoms with Crippen molar-refractivity contribution in [1.29, 1.82) is 0 Å². The summed E-state index contributed by atoms with van der Waals surface area (Å²) in [6.45, 7) is 5.64. The van der Waals surface area contributed by atoms with Gasteiger partial charge in [0.2, 0.25) is 11.8 Å². The minimum atomic E-state index is -1.53. The molecule has 3 fully saturated rings. The summed E-state index contributed by atoms with van der Waals surface area (Å²) in [5.74, 6) is -7.24. The molecule has 4 aliphatic rings. The Balaban J connectivity index is 0.744. The summed E-state index contributed by atoms with van der Waals surface area (Å²) in [7, 11) is 7.81. The van der Waals surface area contributed by atoms with E-state index in [1.54, 1.807) is 125 Å². The molecule has 11 atom stereocenters. The number of hydrogen-bond acceptors (Lipinski definition) is 18. The third-order valence-corrected chi connectivity index (χ3v) is 21.4. The predicted molar refractivity (Wildman–Crippen MR) is 405 cm³/mol. The van der Waals surface area contributed by atoms with E-state index < -0.39 is 125 Å². The normalized spacial score (nSPS) is 20.6. The highest BCUT2D eigenvalue weighted by molar-refractivity contribution is 6.31. The number of aliphatic hydroxyl groups is 1. The number of nitrogens with zero attached hydrogens (tertiary/aromatic N) is 15. The molecule has 0 saturated carbocycles. The highest BCUT2D eigenvalue weighted by Gasteiger charge is 2.59. The van der Waals surface area contributed by atoms with E-state index in [1.165, 1.54) is 75.9 Å². The van der Waals surface area contributed by atoms with E-state index in [1.807, 2.05) is 6.92 Å². The molecule has 12 rings (SSSR count). The number of amides is 11. The van der Waals surface area contributed by atoms with Crippen molar-refractivity contribution >= 4 is 94.2 Å². The maximum Gasteiger partial charge on any atom is 0.325 e. The van der Waals surface area contributed by atoms with Crippen molar-refractivity contribution < 1.29 is 61.2 Å². The second kappa shape index (κ2) is 32.6. The van der Waals surface area contributed by atoms with Crippen molar-refractivity contribution in [3.05, 3.63) is 213 Å². The number of amidine groups is 1. The van der Waals surface area contributed by atoms with Crippen molar-refractivity contribution in [2.45, 2.75) is 115 Å². The number of nitrogens with one attached hydrogen (secondary N) is 3. The smallest absolute Gasteiger partial charge is 0.325 e. The van der Waals surface area contributed by atoms with Crippen LogP contribution in [0.2, 0.25) is 5.02 Å². The van der Waals surface area contributed by atoms with Crippen LogP contribution in [-0.4, -0.2) is 176 Å². The molecule has 8 aromatic rings. The summed E-state index contributed by atoms with van der Waals surface area (Å²) >= 11 is 6.77. The molecule has 30 nitrogen and oxygen atoms in total. The number of carbonyl (C=O) groups is 8. The second-order valence-corrected chi connectivity index (χ2v) is 28.9. The maximum absolute atomic E-state index is 15.8. The number of hydrogen-bond donors (Lipinski definition) is 7. The number of benzene rings is 3. The van der Waals surface area contributed by atoms with Gasteiger partial charge in [-0.2, -0.15) is 14.8 Å². The molecule has 0 spiro atoms. The molecular weight excluding hydrogens is 1460 g/mol. The van der Waals surface area contributed by atoms with E-state index in [0.29, 0.717) is 44.8 Å². The number of quaternary nitrogens is 1. The molecule has 9 heterocycles. The number of likely N-dealkylation sites (N-methyl/N-ethyl adjacent to an activating group) is 3. The lowest BCUT2D eigenvalue weighted by molar-refractivity contribution is -0.864. The standard InChI is InChI=1S/C77H85ClF3N21O9/c1-9-57(50-40-48(79)15-13-42(50)2)88-75(109)99-68(54(69(99)103)35-46-20-27-87-62(84)38-46)74(108)97(7)65-24-32-102(8,93-65)31-23-58(47-14-12-43(3)55(78)39-47)89-76(110)100-67(53(70(100)104)34-45-19-26-86-61(83)37-45)73(107)96(6)64-22-30-98(92-64)28-10-11-59(51-41-49(80)16-17-56(51)81)90-77(111)101-66(72(106)95(5)63-21-29-94(4)91-63)52(71(101)105)33-44-18-25-85-60(82)36-44/h12-22,24-27,29-30,32,36-41,52-54,57-59,66-68,70,104H,9-11,23,28,31,33-35H2,1-8H3,(H8-,82,83,84,85,86,87,88,89,90,109,110,111)/p+1/t52-,53-,54-,57-,58-,59-,66+,67+,68+,70?,102?/m1/s1. The van der Waals surface area contributed by atoms with Gasteiger partial charge in [-0.05, 0) is 164 Å². The van der Waals surface area contributed by atoms with Crippen molar-refractivity contribution in [2.75, 3.05) is 61.7 Å². The van der Waals surface area contributed by atoms with Gasteiger partial charge in [0, 0.05) is 107 Å². The highest BCUT2D eigenvalue weighted by atomic mass is 35.5. The molecule has 4 aliphatic heterocycles. The molecule has 0 aliphatic carbocycles. The van der Waals surface area contributed by atoms with E-state index in [-0.39, 0.29) is 96.7 Å². The summed E-state index contributed by atoms with van der Waals surface area (Å²) in [5.41, 5.74) is 22.2. The molecule has 3 aromatic carbocycles. The molecule has 10 N–H and O–H groups in total. The minimum Gasteiger partial charge on any atom is -0.384 e. The lowest BCUT2D eigenvalue weighted by Gasteiger charge is -2.52. The van der Waals surface area contributed by atoms with Crippen LogP contribution in [0.1, 0.15) is 95.2 Å². The van der Waals surface area contributed by atoms with Gasteiger partial charge in [0.25, 0.3) is 17.7 Å². The number of nitrogen functional groups attached to an aromatic ring is 3. The SMILES string of the molecule is CC[C@@H](NC(=O)N1C(=O)[C@H](Cc2ccnc(N)c2)[C@H]1C(=O)N(C)C1=N[N+](C)(CC[C@@H](NC(=O)N2C(O)[C@H](Cc3ccnc(N)c3)[C@H]2C(=O)N(C)c2ccn(CCC[C@@H](NC(=O)N3C(=O)[C@H](Cc4ccnc(N)c4)[C@H]3C(=O)N(C)c3ccn(C)n3)c3cc(F)ccc3F)n2)c2ccc(C)c(Cl)c2)C=C1)c1cc(F)ccc1C. The number of halogens is 4. The Hall–Kier alpha value is -12.1.